The molecule has 0 radical (unpaired) electrons. The second kappa shape index (κ2) is 7.01. The van der Waals surface area contributed by atoms with Gasteiger partial charge in [-0.2, -0.15) is 0 Å². The minimum absolute atomic E-state index is 0.192. The molecule has 1 aromatic rings. The van der Waals surface area contributed by atoms with E-state index in [9.17, 15) is 4.79 Å². The Morgan fingerprint density at radius 1 is 1.47 bits per heavy atom. The zero-order chi connectivity index (χ0) is 12.7. The average Bonchev–Trinajstić information content (AvgIpc) is 2.30. The molecule has 0 saturated heterocycles. The van der Waals surface area contributed by atoms with E-state index in [-0.39, 0.29) is 17.9 Å². The molecule has 0 saturated carbocycles. The van der Waals surface area contributed by atoms with E-state index in [1.165, 1.54) is 0 Å². The fraction of sp³-hybridized carbons (Fsp3) is 0.538. The Bertz CT molecular complexity index is 339. The van der Waals surface area contributed by atoms with Gasteiger partial charge in [0.2, 0.25) is 0 Å². The van der Waals surface area contributed by atoms with Gasteiger partial charge in [0.25, 0.3) is 0 Å². The molecule has 0 aromatic carbocycles. The van der Waals surface area contributed by atoms with E-state index in [2.05, 4.69) is 10.3 Å². The topological polar surface area (TPSA) is 51.2 Å². The van der Waals surface area contributed by atoms with Gasteiger partial charge in [-0.15, -0.1) is 0 Å². The predicted octanol–water partition coefficient (Wildman–Crippen LogP) is 1.76. The van der Waals surface area contributed by atoms with Crippen molar-refractivity contribution in [2.24, 2.45) is 5.92 Å². The Balaban J connectivity index is 2.53. The number of nitrogens with one attached hydrogen (secondary N) is 1. The van der Waals surface area contributed by atoms with Gasteiger partial charge in [0.1, 0.15) is 6.04 Å². The molecule has 0 bridgehead atoms. The van der Waals surface area contributed by atoms with E-state index in [1.54, 1.807) is 6.20 Å². The molecule has 0 aliphatic rings. The molecule has 4 heteroatoms. The average molecular weight is 236 g/mol. The van der Waals surface area contributed by atoms with Crippen LogP contribution in [-0.2, 0) is 16.1 Å². The molecule has 1 unspecified atom stereocenters. The van der Waals surface area contributed by atoms with E-state index >= 15 is 0 Å². The van der Waals surface area contributed by atoms with Crippen molar-refractivity contribution in [2.45, 2.75) is 33.4 Å². The summed E-state index contributed by atoms with van der Waals surface area (Å²) in [7, 11) is 0. The first-order valence-electron chi connectivity index (χ1n) is 5.95. The summed E-state index contributed by atoms with van der Waals surface area (Å²) >= 11 is 0. The zero-order valence-corrected chi connectivity index (χ0v) is 10.6. The number of rotatable bonds is 6. The summed E-state index contributed by atoms with van der Waals surface area (Å²) in [6, 6.07) is 5.44. The lowest BCUT2D eigenvalue weighted by molar-refractivity contribution is -0.146. The van der Waals surface area contributed by atoms with Crippen molar-refractivity contribution in [3.63, 3.8) is 0 Å². The Kier molecular flexibility index (Phi) is 5.63. The van der Waals surface area contributed by atoms with Crippen LogP contribution in [0.3, 0.4) is 0 Å². The molecule has 1 aromatic heterocycles. The largest absolute Gasteiger partial charge is 0.465 e. The van der Waals surface area contributed by atoms with E-state index in [0.717, 1.165) is 5.69 Å². The van der Waals surface area contributed by atoms with Gasteiger partial charge in [0.05, 0.1) is 12.3 Å². The van der Waals surface area contributed by atoms with Gasteiger partial charge in [0.15, 0.2) is 0 Å². The summed E-state index contributed by atoms with van der Waals surface area (Å²) in [5.74, 6) is -0.00352. The normalized spacial score (nSPS) is 12.5. The number of hydrogen-bond donors (Lipinski definition) is 1. The van der Waals surface area contributed by atoms with Crippen LogP contribution >= 0.6 is 0 Å². The lowest BCUT2D eigenvalue weighted by Crippen LogP contribution is -2.41. The third-order valence-corrected chi connectivity index (χ3v) is 2.44. The first-order valence-corrected chi connectivity index (χ1v) is 5.95. The summed E-state index contributed by atoms with van der Waals surface area (Å²) in [4.78, 5) is 15.9. The van der Waals surface area contributed by atoms with E-state index < -0.39 is 0 Å². The lowest BCUT2D eigenvalue weighted by atomic mass is 10.0. The Labute approximate surface area is 102 Å². The molecule has 0 fully saturated rings. The lowest BCUT2D eigenvalue weighted by Gasteiger charge is -2.20. The smallest absolute Gasteiger partial charge is 0.323 e. The number of esters is 1. The fourth-order valence-corrected chi connectivity index (χ4v) is 1.54. The summed E-state index contributed by atoms with van der Waals surface area (Å²) in [5, 5.41) is 3.18. The summed E-state index contributed by atoms with van der Waals surface area (Å²) in [6.07, 6.45) is 1.74. The third-order valence-electron chi connectivity index (χ3n) is 2.44. The molecule has 4 nitrogen and oxygen atoms in total. The minimum atomic E-state index is -0.281. The summed E-state index contributed by atoms with van der Waals surface area (Å²) in [6.45, 7) is 6.78. The van der Waals surface area contributed by atoms with Crippen molar-refractivity contribution in [3.05, 3.63) is 30.1 Å². The second-order valence-corrected chi connectivity index (χ2v) is 4.18. The van der Waals surface area contributed by atoms with Gasteiger partial charge in [-0.05, 0) is 25.0 Å². The monoisotopic (exact) mass is 236 g/mol. The fourth-order valence-electron chi connectivity index (χ4n) is 1.54. The highest BCUT2D eigenvalue weighted by atomic mass is 16.5. The van der Waals surface area contributed by atoms with E-state index in [1.807, 2.05) is 39.0 Å². The molecular formula is C13H20N2O2. The van der Waals surface area contributed by atoms with Crippen LogP contribution < -0.4 is 5.32 Å². The first kappa shape index (κ1) is 13.6. The molecular weight excluding hydrogens is 216 g/mol. The van der Waals surface area contributed by atoms with Gasteiger partial charge >= 0.3 is 5.97 Å². The van der Waals surface area contributed by atoms with Crippen LogP contribution in [0, 0.1) is 5.92 Å². The minimum Gasteiger partial charge on any atom is -0.465 e. The number of pyridine rings is 1. The van der Waals surface area contributed by atoms with Crippen molar-refractivity contribution >= 4 is 5.97 Å². The van der Waals surface area contributed by atoms with Crippen LogP contribution in [0.1, 0.15) is 26.5 Å². The Hall–Kier alpha value is -1.42. The summed E-state index contributed by atoms with van der Waals surface area (Å²) < 4.78 is 5.03. The van der Waals surface area contributed by atoms with Crippen LogP contribution in [0.15, 0.2) is 24.4 Å². The van der Waals surface area contributed by atoms with Gasteiger partial charge in [-0.25, -0.2) is 0 Å². The van der Waals surface area contributed by atoms with Crippen molar-refractivity contribution in [1.82, 2.24) is 10.3 Å². The SMILES string of the molecule is CCOC(=O)C(NCc1ccccn1)C(C)C. The number of carbonyl (C=O) groups is 1. The molecule has 17 heavy (non-hydrogen) atoms. The van der Waals surface area contributed by atoms with Gasteiger partial charge in [-0.3, -0.25) is 15.1 Å². The van der Waals surface area contributed by atoms with Gasteiger partial charge < -0.3 is 4.74 Å². The van der Waals surface area contributed by atoms with Crippen LogP contribution in [-0.4, -0.2) is 23.6 Å². The molecule has 0 aliphatic carbocycles. The van der Waals surface area contributed by atoms with Crippen molar-refractivity contribution in [3.8, 4) is 0 Å². The highest BCUT2D eigenvalue weighted by Gasteiger charge is 2.22. The maximum atomic E-state index is 11.7. The molecule has 1 heterocycles. The van der Waals surface area contributed by atoms with Gasteiger partial charge in [0, 0.05) is 12.7 Å². The van der Waals surface area contributed by atoms with E-state index in [4.69, 9.17) is 4.74 Å². The first-order chi connectivity index (χ1) is 8.15. The number of nitrogens with zero attached hydrogens (tertiary/aromatic N) is 1. The second-order valence-electron chi connectivity index (χ2n) is 4.18. The molecule has 1 rings (SSSR count). The molecule has 1 N–H and O–H groups in total. The number of hydrogen-bond acceptors (Lipinski definition) is 4. The number of aromatic nitrogens is 1. The highest BCUT2D eigenvalue weighted by Crippen LogP contribution is 2.05. The van der Waals surface area contributed by atoms with Crippen LogP contribution in [0.5, 0.6) is 0 Å². The van der Waals surface area contributed by atoms with Crippen LogP contribution in [0.4, 0.5) is 0 Å². The molecule has 94 valence electrons. The molecule has 0 aliphatic heterocycles. The van der Waals surface area contributed by atoms with Crippen molar-refractivity contribution in [2.75, 3.05) is 6.61 Å². The molecule has 0 spiro atoms. The third kappa shape index (κ3) is 4.53. The maximum absolute atomic E-state index is 11.7. The van der Waals surface area contributed by atoms with E-state index in [0.29, 0.717) is 13.2 Å². The maximum Gasteiger partial charge on any atom is 0.323 e. The Morgan fingerprint density at radius 3 is 2.76 bits per heavy atom. The predicted molar refractivity (Wildman–Crippen MR) is 66.3 cm³/mol. The van der Waals surface area contributed by atoms with Gasteiger partial charge in [-0.1, -0.05) is 19.9 Å². The highest BCUT2D eigenvalue weighted by molar-refractivity contribution is 5.76. The summed E-state index contributed by atoms with van der Waals surface area (Å²) in [5.41, 5.74) is 0.919. The standard InChI is InChI=1S/C13H20N2O2/c1-4-17-13(16)12(10(2)3)15-9-11-7-5-6-8-14-11/h5-8,10,12,15H,4,9H2,1-3H3. The zero-order valence-electron chi connectivity index (χ0n) is 10.6. The quantitative estimate of drug-likeness (QED) is 0.765. The Morgan fingerprint density at radius 2 is 2.24 bits per heavy atom. The van der Waals surface area contributed by atoms with Crippen molar-refractivity contribution in [1.29, 1.82) is 0 Å². The molecule has 1 atom stereocenters. The van der Waals surface area contributed by atoms with Crippen LogP contribution in [0.25, 0.3) is 0 Å². The molecule has 0 amide bonds. The van der Waals surface area contributed by atoms with Crippen molar-refractivity contribution < 1.29 is 9.53 Å². The number of carbonyl (C=O) groups excluding carboxylic acids is 1. The van der Waals surface area contributed by atoms with Crippen LogP contribution in [0.2, 0.25) is 0 Å². The number of ether oxygens (including phenoxy) is 1.